The molecule has 0 saturated carbocycles. The van der Waals surface area contributed by atoms with E-state index in [0.717, 1.165) is 11.3 Å². The molecule has 1 aromatic heterocycles. The molecule has 5 nitrogen and oxygen atoms in total. The molecule has 0 fully saturated rings. The molecule has 0 unspecified atom stereocenters. The number of benzene rings is 1. The number of nitrogen functional groups attached to an aromatic ring is 1. The van der Waals surface area contributed by atoms with Crippen LogP contribution in [0.4, 0.5) is 0 Å². The quantitative estimate of drug-likeness (QED) is 0.655. The number of pyridine rings is 1. The minimum absolute atomic E-state index is 0. The van der Waals surface area contributed by atoms with Gasteiger partial charge in [-0.15, -0.1) is 12.4 Å². The zero-order valence-corrected chi connectivity index (χ0v) is 11.8. The summed E-state index contributed by atoms with van der Waals surface area (Å²) in [5.41, 5.74) is 7.01. The van der Waals surface area contributed by atoms with Crippen molar-refractivity contribution < 1.29 is 9.47 Å². The predicted molar refractivity (Wildman–Crippen MR) is 79.8 cm³/mol. The Hall–Kier alpha value is -2.27. The highest BCUT2D eigenvalue weighted by Crippen LogP contribution is 2.14. The van der Waals surface area contributed by atoms with Gasteiger partial charge < -0.3 is 15.2 Å². The summed E-state index contributed by atoms with van der Waals surface area (Å²) in [6.45, 7) is 0.401. The van der Waals surface area contributed by atoms with Gasteiger partial charge in [-0.3, -0.25) is 5.41 Å². The van der Waals surface area contributed by atoms with Crippen molar-refractivity contribution in [3.8, 4) is 11.6 Å². The van der Waals surface area contributed by atoms with Crippen molar-refractivity contribution >= 4 is 18.2 Å². The van der Waals surface area contributed by atoms with E-state index in [9.17, 15) is 0 Å². The summed E-state index contributed by atoms with van der Waals surface area (Å²) in [5.74, 6) is 1.25. The van der Waals surface area contributed by atoms with Crippen LogP contribution >= 0.6 is 12.4 Å². The van der Waals surface area contributed by atoms with Crippen molar-refractivity contribution in [2.45, 2.75) is 6.61 Å². The van der Waals surface area contributed by atoms with E-state index >= 15 is 0 Å². The Morgan fingerprint density at radius 3 is 2.55 bits per heavy atom. The first kappa shape index (κ1) is 15.8. The number of halogens is 1. The Balaban J connectivity index is 0.00000200. The van der Waals surface area contributed by atoms with Gasteiger partial charge in [0.1, 0.15) is 18.2 Å². The van der Waals surface area contributed by atoms with E-state index in [1.807, 2.05) is 24.3 Å². The van der Waals surface area contributed by atoms with Crippen LogP contribution in [-0.2, 0) is 6.61 Å². The molecule has 0 aliphatic heterocycles. The monoisotopic (exact) mass is 293 g/mol. The maximum atomic E-state index is 7.35. The van der Waals surface area contributed by atoms with Crippen LogP contribution in [0.15, 0.2) is 42.6 Å². The van der Waals surface area contributed by atoms with Crippen LogP contribution in [-0.4, -0.2) is 17.9 Å². The van der Waals surface area contributed by atoms with E-state index in [-0.39, 0.29) is 18.2 Å². The number of nitrogens with one attached hydrogen (secondary N) is 1. The molecule has 6 heteroatoms. The molecule has 106 valence electrons. The number of hydrogen-bond acceptors (Lipinski definition) is 4. The van der Waals surface area contributed by atoms with E-state index in [0.29, 0.717) is 18.1 Å². The topological polar surface area (TPSA) is 81.2 Å². The first-order chi connectivity index (χ1) is 9.19. The Morgan fingerprint density at radius 1 is 1.25 bits per heavy atom. The van der Waals surface area contributed by atoms with Gasteiger partial charge in [0.25, 0.3) is 0 Å². The van der Waals surface area contributed by atoms with Crippen LogP contribution in [0.3, 0.4) is 0 Å². The molecule has 3 N–H and O–H groups in total. The molecule has 0 spiro atoms. The van der Waals surface area contributed by atoms with Crippen molar-refractivity contribution in [2.24, 2.45) is 5.73 Å². The van der Waals surface area contributed by atoms with Crippen LogP contribution in [0.2, 0.25) is 0 Å². The van der Waals surface area contributed by atoms with Crippen LogP contribution in [0.1, 0.15) is 11.1 Å². The lowest BCUT2D eigenvalue weighted by Gasteiger charge is -2.07. The lowest BCUT2D eigenvalue weighted by Crippen LogP contribution is -2.11. The van der Waals surface area contributed by atoms with E-state index < -0.39 is 0 Å². The van der Waals surface area contributed by atoms with Crippen molar-refractivity contribution in [1.82, 2.24) is 4.98 Å². The first-order valence-corrected chi connectivity index (χ1v) is 5.75. The number of amidine groups is 1. The fourth-order valence-electron chi connectivity index (χ4n) is 1.53. The summed E-state index contributed by atoms with van der Waals surface area (Å²) in [7, 11) is 1.63. The van der Waals surface area contributed by atoms with Crippen LogP contribution in [0.5, 0.6) is 11.6 Å². The van der Waals surface area contributed by atoms with Crippen molar-refractivity contribution in [2.75, 3.05) is 7.11 Å². The number of nitrogens with zero attached hydrogens (tertiary/aromatic N) is 1. The fourth-order valence-corrected chi connectivity index (χ4v) is 1.53. The van der Waals surface area contributed by atoms with Gasteiger partial charge in [0.15, 0.2) is 0 Å². The van der Waals surface area contributed by atoms with Gasteiger partial charge in [0.05, 0.1) is 7.11 Å². The molecule has 0 radical (unpaired) electrons. The van der Waals surface area contributed by atoms with E-state index in [1.54, 1.807) is 25.4 Å². The molecule has 0 saturated heterocycles. The zero-order chi connectivity index (χ0) is 13.7. The summed E-state index contributed by atoms with van der Waals surface area (Å²) in [6.07, 6.45) is 1.57. The molecule has 0 aliphatic carbocycles. The average molecular weight is 294 g/mol. The maximum absolute atomic E-state index is 7.35. The summed E-state index contributed by atoms with van der Waals surface area (Å²) in [6, 6.07) is 10.9. The maximum Gasteiger partial charge on any atom is 0.214 e. The minimum Gasteiger partial charge on any atom is -0.497 e. The standard InChI is InChI=1S/C14H15N3O2.ClH/c1-18-12-4-2-10(3-5-12)9-19-13-8-11(14(15)16)6-7-17-13;/h2-8H,9H2,1H3,(H3,15,16);1H. The molecule has 2 aromatic rings. The van der Waals surface area contributed by atoms with Crippen molar-refractivity contribution in [1.29, 1.82) is 5.41 Å². The van der Waals surface area contributed by atoms with Crippen LogP contribution in [0, 0.1) is 5.41 Å². The molecule has 20 heavy (non-hydrogen) atoms. The Labute approximate surface area is 123 Å². The second-order valence-electron chi connectivity index (χ2n) is 3.93. The Bertz CT molecular complexity index is 573. The lowest BCUT2D eigenvalue weighted by atomic mass is 10.2. The second-order valence-corrected chi connectivity index (χ2v) is 3.93. The zero-order valence-electron chi connectivity index (χ0n) is 11.0. The molecule has 1 aromatic carbocycles. The molecule has 0 atom stereocenters. The van der Waals surface area contributed by atoms with Gasteiger partial charge in [0.2, 0.25) is 5.88 Å². The number of methoxy groups -OCH3 is 1. The lowest BCUT2D eigenvalue weighted by molar-refractivity contribution is 0.293. The number of rotatable bonds is 5. The third-order valence-electron chi connectivity index (χ3n) is 2.59. The van der Waals surface area contributed by atoms with Crippen molar-refractivity contribution in [3.05, 3.63) is 53.7 Å². The fraction of sp³-hybridized carbons (Fsp3) is 0.143. The SMILES string of the molecule is COc1ccc(COc2cc(C(=N)N)ccn2)cc1.Cl. The van der Waals surface area contributed by atoms with Gasteiger partial charge in [-0.2, -0.15) is 0 Å². The molecule has 0 amide bonds. The Kier molecular flexibility index (Phi) is 5.80. The largest absolute Gasteiger partial charge is 0.497 e. The summed E-state index contributed by atoms with van der Waals surface area (Å²) in [5, 5.41) is 7.35. The predicted octanol–water partition coefficient (Wildman–Crippen LogP) is 2.38. The van der Waals surface area contributed by atoms with Gasteiger partial charge in [-0.1, -0.05) is 12.1 Å². The molecular formula is C14H16ClN3O2. The van der Waals surface area contributed by atoms with E-state index in [4.69, 9.17) is 20.6 Å². The number of aromatic nitrogens is 1. The highest BCUT2D eigenvalue weighted by molar-refractivity contribution is 5.95. The van der Waals surface area contributed by atoms with Gasteiger partial charge in [0, 0.05) is 17.8 Å². The van der Waals surface area contributed by atoms with Crippen LogP contribution in [0.25, 0.3) is 0 Å². The van der Waals surface area contributed by atoms with Gasteiger partial charge in [-0.25, -0.2) is 4.98 Å². The molecule has 2 rings (SSSR count). The third-order valence-corrected chi connectivity index (χ3v) is 2.59. The van der Waals surface area contributed by atoms with E-state index in [1.165, 1.54) is 0 Å². The average Bonchev–Trinajstić information content (AvgIpc) is 2.46. The smallest absolute Gasteiger partial charge is 0.214 e. The molecule has 0 bridgehead atoms. The normalized spacial score (nSPS) is 9.45. The Morgan fingerprint density at radius 2 is 1.95 bits per heavy atom. The van der Waals surface area contributed by atoms with Gasteiger partial charge >= 0.3 is 0 Å². The summed E-state index contributed by atoms with van der Waals surface area (Å²) in [4.78, 5) is 4.07. The highest BCUT2D eigenvalue weighted by atomic mass is 35.5. The van der Waals surface area contributed by atoms with Crippen molar-refractivity contribution in [3.63, 3.8) is 0 Å². The van der Waals surface area contributed by atoms with Crippen LogP contribution < -0.4 is 15.2 Å². The van der Waals surface area contributed by atoms with Gasteiger partial charge in [-0.05, 0) is 23.8 Å². The number of nitrogens with two attached hydrogens (primary N) is 1. The highest BCUT2D eigenvalue weighted by Gasteiger charge is 2.01. The number of ether oxygens (including phenoxy) is 2. The minimum atomic E-state index is -0.00306. The number of hydrogen-bond donors (Lipinski definition) is 2. The first-order valence-electron chi connectivity index (χ1n) is 5.75. The summed E-state index contributed by atoms with van der Waals surface area (Å²) >= 11 is 0. The summed E-state index contributed by atoms with van der Waals surface area (Å²) < 4.78 is 10.6. The third kappa shape index (κ3) is 4.13. The second kappa shape index (κ2) is 7.35. The molecule has 1 heterocycles. The van der Waals surface area contributed by atoms with E-state index in [2.05, 4.69) is 4.98 Å². The molecule has 0 aliphatic rings. The molecular weight excluding hydrogens is 278 g/mol.